The first-order valence-electron chi connectivity index (χ1n) is 6.00. The van der Waals surface area contributed by atoms with Gasteiger partial charge in [-0.05, 0) is 56.1 Å². The van der Waals surface area contributed by atoms with Crippen molar-refractivity contribution in [2.45, 2.75) is 19.4 Å². The molecule has 4 heteroatoms. The van der Waals surface area contributed by atoms with Crippen LogP contribution < -0.4 is 10.6 Å². The predicted octanol–water partition coefficient (Wildman–Crippen LogP) is 2.85. The van der Waals surface area contributed by atoms with Gasteiger partial charge in [-0.3, -0.25) is 0 Å². The maximum Gasteiger partial charge on any atom is 0.0409 e. The molecule has 2 nitrogen and oxygen atoms in total. The molecular weight excluding hydrogens is 255 g/mol. The average molecular weight is 275 g/mol. The van der Waals surface area contributed by atoms with Crippen LogP contribution in [0.5, 0.6) is 0 Å². The second-order valence-electron chi connectivity index (χ2n) is 4.45. The number of hydrogen-bond acceptors (Lipinski definition) is 2. The van der Waals surface area contributed by atoms with E-state index in [9.17, 15) is 0 Å². The van der Waals surface area contributed by atoms with E-state index in [1.54, 1.807) is 0 Å². The van der Waals surface area contributed by atoms with Gasteiger partial charge in [-0.1, -0.05) is 23.7 Å². The molecular formula is C13H20Cl2N2. The van der Waals surface area contributed by atoms with Gasteiger partial charge < -0.3 is 10.6 Å². The number of nitrogens with one attached hydrogen (secondary N) is 2. The highest BCUT2D eigenvalue weighted by atomic mass is 35.5. The maximum atomic E-state index is 5.94. The lowest BCUT2D eigenvalue weighted by molar-refractivity contribution is 0.356. The zero-order chi connectivity index (χ0) is 11.2. The minimum absolute atomic E-state index is 0. The third-order valence-corrected chi connectivity index (χ3v) is 3.34. The normalized spacial score (nSPS) is 16.5. The van der Waals surface area contributed by atoms with Gasteiger partial charge in [0.05, 0.1) is 0 Å². The smallest absolute Gasteiger partial charge is 0.0409 e. The lowest BCUT2D eigenvalue weighted by Crippen LogP contribution is -2.33. The van der Waals surface area contributed by atoms with Crippen LogP contribution >= 0.6 is 24.0 Å². The van der Waals surface area contributed by atoms with Crippen molar-refractivity contribution >= 4 is 24.0 Å². The summed E-state index contributed by atoms with van der Waals surface area (Å²) in [4.78, 5) is 0. The molecule has 0 bridgehead atoms. The first-order chi connectivity index (χ1) is 7.84. The van der Waals surface area contributed by atoms with Crippen molar-refractivity contribution < 1.29 is 0 Å². The van der Waals surface area contributed by atoms with Crippen LogP contribution in [0.3, 0.4) is 0 Å². The van der Waals surface area contributed by atoms with E-state index in [1.807, 2.05) is 18.2 Å². The Bertz CT molecular complexity index is 325. The number of rotatable bonds is 4. The Labute approximate surface area is 115 Å². The van der Waals surface area contributed by atoms with Crippen molar-refractivity contribution in [1.29, 1.82) is 0 Å². The Balaban J connectivity index is 0.00000144. The summed E-state index contributed by atoms with van der Waals surface area (Å²) in [6.07, 6.45) is 2.59. The molecule has 17 heavy (non-hydrogen) atoms. The van der Waals surface area contributed by atoms with Gasteiger partial charge in [0.15, 0.2) is 0 Å². The van der Waals surface area contributed by atoms with Crippen molar-refractivity contribution in [2.24, 2.45) is 5.92 Å². The first kappa shape index (κ1) is 14.8. The number of halogens is 2. The van der Waals surface area contributed by atoms with E-state index in [1.165, 1.54) is 31.5 Å². The number of piperidine rings is 1. The van der Waals surface area contributed by atoms with Gasteiger partial charge in [0.25, 0.3) is 0 Å². The Kier molecular flexibility index (Phi) is 6.90. The van der Waals surface area contributed by atoms with Crippen LogP contribution in [-0.4, -0.2) is 19.6 Å². The molecule has 0 spiro atoms. The molecule has 0 radical (unpaired) electrons. The highest BCUT2D eigenvalue weighted by Gasteiger charge is 2.11. The van der Waals surface area contributed by atoms with Crippen molar-refractivity contribution in [3.8, 4) is 0 Å². The van der Waals surface area contributed by atoms with Gasteiger partial charge in [-0.15, -0.1) is 12.4 Å². The Hall–Kier alpha value is -0.280. The molecule has 96 valence electrons. The Morgan fingerprint density at radius 2 is 2.06 bits per heavy atom. The van der Waals surface area contributed by atoms with Crippen LogP contribution in [0.15, 0.2) is 24.3 Å². The molecule has 1 aromatic carbocycles. The van der Waals surface area contributed by atoms with E-state index < -0.39 is 0 Å². The summed E-state index contributed by atoms with van der Waals surface area (Å²) in [5.74, 6) is 0.834. The summed E-state index contributed by atoms with van der Waals surface area (Å²) in [6.45, 7) is 4.38. The first-order valence-corrected chi connectivity index (χ1v) is 6.38. The largest absolute Gasteiger partial charge is 0.317 e. The minimum Gasteiger partial charge on any atom is -0.317 e. The number of hydrogen-bond donors (Lipinski definition) is 2. The predicted molar refractivity (Wildman–Crippen MR) is 76.0 cm³/mol. The van der Waals surface area contributed by atoms with Crippen molar-refractivity contribution in [3.05, 3.63) is 34.9 Å². The lowest BCUT2D eigenvalue weighted by Gasteiger charge is -2.22. The Morgan fingerprint density at radius 3 is 2.76 bits per heavy atom. The van der Waals surface area contributed by atoms with E-state index in [0.29, 0.717) is 0 Å². The van der Waals surface area contributed by atoms with E-state index in [2.05, 4.69) is 16.7 Å². The molecule has 0 aromatic heterocycles. The van der Waals surface area contributed by atoms with E-state index in [-0.39, 0.29) is 12.4 Å². The molecule has 0 unspecified atom stereocenters. The van der Waals surface area contributed by atoms with Crippen LogP contribution in [0.2, 0.25) is 5.02 Å². The van der Waals surface area contributed by atoms with Crippen molar-refractivity contribution in [1.82, 2.24) is 10.6 Å². The molecule has 1 fully saturated rings. The highest BCUT2D eigenvalue weighted by molar-refractivity contribution is 6.30. The van der Waals surface area contributed by atoms with Gasteiger partial charge in [0.1, 0.15) is 0 Å². The summed E-state index contributed by atoms with van der Waals surface area (Å²) < 4.78 is 0. The molecule has 0 atom stereocenters. The molecule has 1 aromatic rings. The van der Waals surface area contributed by atoms with Gasteiger partial charge in [-0.2, -0.15) is 0 Å². The van der Waals surface area contributed by atoms with Crippen LogP contribution in [0, 0.1) is 5.92 Å². The van der Waals surface area contributed by atoms with Crippen LogP contribution in [0.4, 0.5) is 0 Å². The van der Waals surface area contributed by atoms with Crippen molar-refractivity contribution in [2.75, 3.05) is 19.6 Å². The van der Waals surface area contributed by atoms with Gasteiger partial charge >= 0.3 is 0 Å². The summed E-state index contributed by atoms with van der Waals surface area (Å²) in [5.41, 5.74) is 1.27. The zero-order valence-electron chi connectivity index (χ0n) is 9.92. The molecule has 2 N–H and O–H groups in total. The standard InChI is InChI=1S/C13H19ClN2.ClH/c14-13-3-1-2-12(8-13)10-16-9-11-4-6-15-7-5-11;/h1-3,8,11,15-16H,4-7,9-10H2;1H. The second-order valence-corrected chi connectivity index (χ2v) is 4.89. The molecule has 2 rings (SSSR count). The van der Waals surface area contributed by atoms with Crippen LogP contribution in [-0.2, 0) is 6.54 Å². The van der Waals surface area contributed by atoms with Gasteiger partial charge in [0, 0.05) is 11.6 Å². The molecule has 0 saturated carbocycles. The average Bonchev–Trinajstić information content (AvgIpc) is 2.30. The van der Waals surface area contributed by atoms with Crippen molar-refractivity contribution in [3.63, 3.8) is 0 Å². The fourth-order valence-electron chi connectivity index (χ4n) is 2.15. The minimum atomic E-state index is 0. The topological polar surface area (TPSA) is 24.1 Å². The molecule has 0 amide bonds. The van der Waals surface area contributed by atoms with Crippen LogP contribution in [0.1, 0.15) is 18.4 Å². The molecule has 1 aliphatic rings. The third-order valence-electron chi connectivity index (χ3n) is 3.11. The van der Waals surface area contributed by atoms with Gasteiger partial charge in [-0.25, -0.2) is 0 Å². The van der Waals surface area contributed by atoms with E-state index in [0.717, 1.165) is 24.0 Å². The molecule has 1 aliphatic heterocycles. The zero-order valence-corrected chi connectivity index (χ0v) is 11.5. The fourth-order valence-corrected chi connectivity index (χ4v) is 2.37. The molecule has 1 heterocycles. The maximum absolute atomic E-state index is 5.94. The van der Waals surface area contributed by atoms with Gasteiger partial charge in [0.2, 0.25) is 0 Å². The van der Waals surface area contributed by atoms with Crippen LogP contribution in [0.25, 0.3) is 0 Å². The Morgan fingerprint density at radius 1 is 1.29 bits per heavy atom. The quantitative estimate of drug-likeness (QED) is 0.883. The summed E-state index contributed by atoms with van der Waals surface area (Å²) in [6, 6.07) is 8.06. The summed E-state index contributed by atoms with van der Waals surface area (Å²) in [5, 5.41) is 7.72. The number of benzene rings is 1. The summed E-state index contributed by atoms with van der Waals surface area (Å²) >= 11 is 5.94. The summed E-state index contributed by atoms with van der Waals surface area (Å²) in [7, 11) is 0. The fraction of sp³-hybridized carbons (Fsp3) is 0.538. The lowest BCUT2D eigenvalue weighted by atomic mass is 9.98. The van der Waals surface area contributed by atoms with E-state index >= 15 is 0 Å². The monoisotopic (exact) mass is 274 g/mol. The molecule has 0 aliphatic carbocycles. The third kappa shape index (κ3) is 5.26. The molecule has 1 saturated heterocycles. The SMILES string of the molecule is Cl.Clc1cccc(CNCC2CCNCC2)c1. The van der Waals surface area contributed by atoms with E-state index in [4.69, 9.17) is 11.6 Å². The second kappa shape index (κ2) is 7.93. The highest BCUT2D eigenvalue weighted by Crippen LogP contribution is 2.12.